The lowest BCUT2D eigenvalue weighted by Gasteiger charge is -2.10. The fraction of sp³-hybridized carbons (Fsp3) is 0.231. The van der Waals surface area contributed by atoms with Gasteiger partial charge in [-0.05, 0) is 22.9 Å². The van der Waals surface area contributed by atoms with Crippen molar-refractivity contribution in [3.8, 4) is 0 Å². The summed E-state index contributed by atoms with van der Waals surface area (Å²) in [5.74, 6) is -0.861. The first-order valence-corrected chi connectivity index (χ1v) is 5.40. The van der Waals surface area contributed by atoms with Crippen molar-refractivity contribution in [1.82, 2.24) is 4.98 Å². The van der Waals surface area contributed by atoms with Gasteiger partial charge in [-0.3, -0.25) is 4.79 Å². The van der Waals surface area contributed by atoms with E-state index in [0.717, 1.165) is 5.56 Å². The van der Waals surface area contributed by atoms with Crippen LogP contribution in [0.15, 0.2) is 29.2 Å². The molecule has 0 unspecified atom stereocenters. The van der Waals surface area contributed by atoms with Gasteiger partial charge in [0.05, 0.1) is 10.9 Å². The van der Waals surface area contributed by atoms with Crippen LogP contribution >= 0.6 is 0 Å². The molecule has 88 valence electrons. The summed E-state index contributed by atoms with van der Waals surface area (Å²) >= 11 is 0. The molecule has 0 aliphatic rings. The van der Waals surface area contributed by atoms with Crippen LogP contribution in [0.5, 0.6) is 0 Å². The number of nitrogens with one attached hydrogen (secondary N) is 1. The number of hydrogen-bond acceptors (Lipinski definition) is 2. The lowest BCUT2D eigenvalue weighted by atomic mass is 9.96. The zero-order chi connectivity index (χ0) is 12.6. The van der Waals surface area contributed by atoms with Crippen LogP contribution in [0.3, 0.4) is 0 Å². The molecule has 0 spiro atoms. The maximum atomic E-state index is 11.8. The van der Waals surface area contributed by atoms with Gasteiger partial charge in [0.25, 0.3) is 5.56 Å². The normalized spacial score (nSPS) is 11.0. The summed E-state index contributed by atoms with van der Waals surface area (Å²) in [4.78, 5) is 25.5. The highest BCUT2D eigenvalue weighted by atomic mass is 16.4. The molecule has 0 aliphatic heterocycles. The third kappa shape index (κ3) is 1.82. The SMILES string of the molecule is CC(C)c1c[nH]c(=O)c2c(C(=O)O)cccc12. The first-order chi connectivity index (χ1) is 8.02. The molecule has 0 bridgehead atoms. The van der Waals surface area contributed by atoms with Crippen molar-refractivity contribution < 1.29 is 9.90 Å². The Morgan fingerprint density at radius 1 is 1.35 bits per heavy atom. The average Bonchev–Trinajstić information content (AvgIpc) is 2.28. The van der Waals surface area contributed by atoms with Gasteiger partial charge < -0.3 is 10.1 Å². The molecule has 2 N–H and O–H groups in total. The number of aromatic amines is 1. The maximum absolute atomic E-state index is 11.8. The molecular formula is C13H13NO3. The number of aromatic nitrogens is 1. The van der Waals surface area contributed by atoms with Crippen LogP contribution in [0.25, 0.3) is 10.8 Å². The Kier molecular flexibility index (Phi) is 2.71. The predicted molar refractivity (Wildman–Crippen MR) is 65.6 cm³/mol. The molecular weight excluding hydrogens is 218 g/mol. The Morgan fingerprint density at radius 3 is 2.65 bits per heavy atom. The van der Waals surface area contributed by atoms with E-state index < -0.39 is 5.97 Å². The summed E-state index contributed by atoms with van der Waals surface area (Å²) in [7, 11) is 0. The van der Waals surface area contributed by atoms with E-state index in [1.807, 2.05) is 13.8 Å². The molecule has 0 radical (unpaired) electrons. The zero-order valence-electron chi connectivity index (χ0n) is 9.65. The molecule has 0 atom stereocenters. The number of carbonyl (C=O) groups is 1. The summed E-state index contributed by atoms with van der Waals surface area (Å²) in [5.41, 5.74) is 0.636. The largest absolute Gasteiger partial charge is 0.478 e. The van der Waals surface area contributed by atoms with E-state index in [1.54, 1.807) is 18.3 Å². The van der Waals surface area contributed by atoms with Gasteiger partial charge in [0.1, 0.15) is 0 Å². The summed E-state index contributed by atoms with van der Waals surface area (Å²) in [5, 5.41) is 10.1. The van der Waals surface area contributed by atoms with Crippen LogP contribution in [0, 0.1) is 0 Å². The number of H-pyrrole nitrogens is 1. The summed E-state index contributed by atoms with van der Waals surface area (Å²) in [6, 6.07) is 4.90. The summed E-state index contributed by atoms with van der Waals surface area (Å²) in [6.45, 7) is 4.00. The van der Waals surface area contributed by atoms with Crippen LogP contribution in [0.2, 0.25) is 0 Å². The molecule has 17 heavy (non-hydrogen) atoms. The minimum absolute atomic E-state index is 0.0475. The van der Waals surface area contributed by atoms with Crippen LogP contribution in [0.1, 0.15) is 35.7 Å². The van der Waals surface area contributed by atoms with E-state index in [4.69, 9.17) is 5.11 Å². The van der Waals surface area contributed by atoms with Crippen molar-refractivity contribution in [1.29, 1.82) is 0 Å². The van der Waals surface area contributed by atoms with Gasteiger partial charge in [-0.1, -0.05) is 26.0 Å². The van der Waals surface area contributed by atoms with E-state index in [0.29, 0.717) is 5.39 Å². The molecule has 0 fully saturated rings. The number of rotatable bonds is 2. The van der Waals surface area contributed by atoms with Crippen LogP contribution < -0.4 is 5.56 Å². The number of aromatic carboxylic acids is 1. The Bertz CT molecular complexity index is 641. The number of fused-ring (bicyclic) bond motifs is 1. The number of benzene rings is 1. The van der Waals surface area contributed by atoms with E-state index in [1.165, 1.54) is 6.07 Å². The second kappa shape index (κ2) is 4.05. The van der Waals surface area contributed by atoms with E-state index in [2.05, 4.69) is 4.98 Å². The lowest BCUT2D eigenvalue weighted by Crippen LogP contribution is -2.12. The van der Waals surface area contributed by atoms with Gasteiger partial charge in [-0.15, -0.1) is 0 Å². The smallest absolute Gasteiger partial charge is 0.336 e. The van der Waals surface area contributed by atoms with E-state index >= 15 is 0 Å². The van der Waals surface area contributed by atoms with Gasteiger partial charge in [-0.25, -0.2) is 4.79 Å². The number of hydrogen-bond donors (Lipinski definition) is 2. The Morgan fingerprint density at radius 2 is 2.06 bits per heavy atom. The van der Waals surface area contributed by atoms with Gasteiger partial charge in [0.15, 0.2) is 0 Å². The molecule has 4 nitrogen and oxygen atoms in total. The first kappa shape index (κ1) is 11.4. The summed E-state index contributed by atoms with van der Waals surface area (Å²) in [6.07, 6.45) is 1.65. The van der Waals surface area contributed by atoms with Gasteiger partial charge in [-0.2, -0.15) is 0 Å². The van der Waals surface area contributed by atoms with Crippen molar-refractivity contribution in [2.75, 3.05) is 0 Å². The predicted octanol–water partition coefficient (Wildman–Crippen LogP) is 2.35. The second-order valence-electron chi connectivity index (χ2n) is 4.26. The lowest BCUT2D eigenvalue weighted by molar-refractivity contribution is 0.0699. The molecule has 0 saturated heterocycles. The van der Waals surface area contributed by atoms with Crippen molar-refractivity contribution >= 4 is 16.7 Å². The van der Waals surface area contributed by atoms with Gasteiger partial charge in [0.2, 0.25) is 0 Å². The highest BCUT2D eigenvalue weighted by Gasteiger charge is 2.14. The minimum Gasteiger partial charge on any atom is -0.478 e. The fourth-order valence-electron chi connectivity index (χ4n) is 1.99. The first-order valence-electron chi connectivity index (χ1n) is 5.40. The molecule has 1 heterocycles. The van der Waals surface area contributed by atoms with Crippen molar-refractivity contribution in [2.24, 2.45) is 0 Å². The zero-order valence-corrected chi connectivity index (χ0v) is 9.65. The highest BCUT2D eigenvalue weighted by Crippen LogP contribution is 2.24. The molecule has 0 amide bonds. The molecule has 2 rings (SSSR count). The Labute approximate surface area is 97.9 Å². The number of carboxylic acids is 1. The number of carboxylic acid groups (broad SMARTS) is 1. The van der Waals surface area contributed by atoms with Crippen molar-refractivity contribution in [3.05, 3.63) is 45.9 Å². The molecule has 4 heteroatoms. The molecule has 1 aromatic heterocycles. The Hall–Kier alpha value is -2.10. The van der Waals surface area contributed by atoms with Gasteiger partial charge >= 0.3 is 5.97 Å². The molecule has 0 aliphatic carbocycles. The van der Waals surface area contributed by atoms with Crippen LogP contribution in [-0.4, -0.2) is 16.1 Å². The third-order valence-corrected chi connectivity index (χ3v) is 2.81. The fourth-order valence-corrected chi connectivity index (χ4v) is 1.99. The van der Waals surface area contributed by atoms with Gasteiger partial charge in [0, 0.05) is 6.20 Å². The van der Waals surface area contributed by atoms with Crippen LogP contribution in [-0.2, 0) is 0 Å². The monoisotopic (exact) mass is 231 g/mol. The highest BCUT2D eigenvalue weighted by molar-refractivity contribution is 6.04. The quantitative estimate of drug-likeness (QED) is 0.833. The minimum atomic E-state index is -1.08. The average molecular weight is 231 g/mol. The number of pyridine rings is 1. The third-order valence-electron chi connectivity index (χ3n) is 2.81. The summed E-state index contributed by atoms with van der Waals surface area (Å²) < 4.78 is 0. The maximum Gasteiger partial charge on any atom is 0.336 e. The standard InChI is InChI=1S/C13H13NO3/c1-7(2)10-6-14-12(15)11-8(10)4-3-5-9(11)13(16)17/h3-7H,1-2H3,(H,14,15)(H,16,17). The van der Waals surface area contributed by atoms with Crippen LogP contribution in [0.4, 0.5) is 0 Å². The van der Waals surface area contributed by atoms with Crippen molar-refractivity contribution in [2.45, 2.75) is 19.8 Å². The van der Waals surface area contributed by atoms with Crippen molar-refractivity contribution in [3.63, 3.8) is 0 Å². The van der Waals surface area contributed by atoms with E-state index in [-0.39, 0.29) is 22.4 Å². The molecule has 2 aromatic rings. The molecule has 1 aromatic carbocycles. The molecule has 0 saturated carbocycles. The topological polar surface area (TPSA) is 70.2 Å². The second-order valence-corrected chi connectivity index (χ2v) is 4.26. The Balaban J connectivity index is 2.96. The van der Waals surface area contributed by atoms with E-state index in [9.17, 15) is 9.59 Å².